The van der Waals surface area contributed by atoms with Gasteiger partial charge >= 0.3 is 0 Å². The van der Waals surface area contributed by atoms with Crippen LogP contribution in [0.25, 0.3) is 0 Å². The van der Waals surface area contributed by atoms with Gasteiger partial charge in [0.15, 0.2) is 5.96 Å². The first-order chi connectivity index (χ1) is 10.2. The molecule has 1 unspecified atom stereocenters. The van der Waals surface area contributed by atoms with Crippen LogP contribution in [0.3, 0.4) is 0 Å². The van der Waals surface area contributed by atoms with E-state index in [4.69, 9.17) is 16.3 Å². The second kappa shape index (κ2) is 8.22. The van der Waals surface area contributed by atoms with E-state index in [1.54, 1.807) is 7.05 Å². The molecule has 2 rings (SSSR count). The van der Waals surface area contributed by atoms with Crippen molar-refractivity contribution in [1.29, 1.82) is 0 Å². The first-order valence-corrected chi connectivity index (χ1v) is 7.58. The molecule has 5 nitrogen and oxygen atoms in total. The maximum absolute atomic E-state index is 6.00. The number of nitrogens with zero attached hydrogens (tertiary/aromatic N) is 2. The number of benzene rings is 1. The maximum Gasteiger partial charge on any atom is 0.190 e. The van der Waals surface area contributed by atoms with Gasteiger partial charge < -0.3 is 15.4 Å². The number of aliphatic imine (C=N–C) groups is 1. The number of guanidine groups is 1. The van der Waals surface area contributed by atoms with Crippen LogP contribution in [-0.4, -0.2) is 57.8 Å². The molecule has 1 aromatic rings. The van der Waals surface area contributed by atoms with Crippen molar-refractivity contribution in [2.75, 3.05) is 46.9 Å². The van der Waals surface area contributed by atoms with Crippen molar-refractivity contribution in [2.45, 2.75) is 6.04 Å². The highest BCUT2D eigenvalue weighted by atomic mass is 35.5. The minimum atomic E-state index is 0.274. The number of hydrogen-bond acceptors (Lipinski definition) is 3. The van der Waals surface area contributed by atoms with Crippen molar-refractivity contribution >= 4 is 17.6 Å². The monoisotopic (exact) mass is 310 g/mol. The third-order valence-electron chi connectivity index (χ3n) is 3.66. The normalized spacial score (nSPS) is 18.3. The molecule has 0 aromatic heterocycles. The highest BCUT2D eigenvalue weighted by Crippen LogP contribution is 2.22. The van der Waals surface area contributed by atoms with Crippen molar-refractivity contribution in [3.8, 4) is 0 Å². The summed E-state index contributed by atoms with van der Waals surface area (Å²) >= 11 is 6.00. The van der Waals surface area contributed by atoms with Gasteiger partial charge in [0.25, 0.3) is 0 Å². The molecule has 6 heteroatoms. The fourth-order valence-electron chi connectivity index (χ4n) is 2.50. The molecule has 1 atom stereocenters. The number of morpholine rings is 1. The summed E-state index contributed by atoms with van der Waals surface area (Å²) in [6.45, 7) is 4.23. The Bertz CT molecular complexity index is 457. The summed E-state index contributed by atoms with van der Waals surface area (Å²) in [6, 6.07) is 8.34. The summed E-state index contributed by atoms with van der Waals surface area (Å²) in [5, 5.41) is 7.16. The van der Waals surface area contributed by atoms with E-state index in [-0.39, 0.29) is 6.04 Å². The molecular weight excluding hydrogens is 288 g/mol. The SMILES string of the molecule is CN=C(NC)NCC(c1ccc(Cl)cc1)N1CCOCC1. The Morgan fingerprint density at radius 2 is 2.00 bits per heavy atom. The maximum atomic E-state index is 6.00. The van der Waals surface area contributed by atoms with Gasteiger partial charge in [0.1, 0.15) is 0 Å². The lowest BCUT2D eigenvalue weighted by Crippen LogP contribution is -2.45. The number of hydrogen-bond donors (Lipinski definition) is 2. The molecule has 1 heterocycles. The smallest absolute Gasteiger partial charge is 0.190 e. The Morgan fingerprint density at radius 1 is 1.33 bits per heavy atom. The lowest BCUT2D eigenvalue weighted by molar-refractivity contribution is 0.0170. The minimum Gasteiger partial charge on any atom is -0.379 e. The van der Waals surface area contributed by atoms with Crippen LogP contribution in [0.2, 0.25) is 5.02 Å². The molecule has 0 bridgehead atoms. The molecule has 1 saturated heterocycles. The molecule has 116 valence electrons. The van der Waals surface area contributed by atoms with Crippen LogP contribution in [0.5, 0.6) is 0 Å². The zero-order valence-corrected chi connectivity index (χ0v) is 13.4. The van der Waals surface area contributed by atoms with Crippen molar-refractivity contribution in [2.24, 2.45) is 4.99 Å². The Balaban J connectivity index is 2.11. The first kappa shape index (κ1) is 16.1. The minimum absolute atomic E-state index is 0.274. The van der Waals surface area contributed by atoms with E-state index < -0.39 is 0 Å². The van der Waals surface area contributed by atoms with E-state index in [2.05, 4.69) is 32.7 Å². The third-order valence-corrected chi connectivity index (χ3v) is 3.92. The number of nitrogens with one attached hydrogen (secondary N) is 2. The van der Waals surface area contributed by atoms with E-state index >= 15 is 0 Å². The fourth-order valence-corrected chi connectivity index (χ4v) is 2.63. The average molecular weight is 311 g/mol. The van der Waals surface area contributed by atoms with Gasteiger partial charge in [0.2, 0.25) is 0 Å². The summed E-state index contributed by atoms with van der Waals surface area (Å²) in [6.07, 6.45) is 0. The molecular formula is C15H23ClN4O. The van der Waals surface area contributed by atoms with Gasteiger partial charge in [-0.15, -0.1) is 0 Å². The number of halogens is 1. The van der Waals surface area contributed by atoms with Crippen molar-refractivity contribution in [3.05, 3.63) is 34.9 Å². The molecule has 0 aliphatic carbocycles. The molecule has 0 radical (unpaired) electrons. The van der Waals surface area contributed by atoms with Gasteiger partial charge in [0.05, 0.1) is 19.3 Å². The van der Waals surface area contributed by atoms with Gasteiger partial charge in [-0.1, -0.05) is 23.7 Å². The van der Waals surface area contributed by atoms with Crippen LogP contribution >= 0.6 is 11.6 Å². The second-order valence-corrected chi connectivity index (χ2v) is 5.36. The zero-order valence-electron chi connectivity index (χ0n) is 12.6. The third kappa shape index (κ3) is 4.59. The number of rotatable bonds is 4. The summed E-state index contributed by atoms with van der Waals surface area (Å²) in [4.78, 5) is 6.59. The Kier molecular flexibility index (Phi) is 6.29. The summed E-state index contributed by atoms with van der Waals surface area (Å²) < 4.78 is 5.45. The summed E-state index contributed by atoms with van der Waals surface area (Å²) in [5.41, 5.74) is 1.25. The van der Waals surface area contributed by atoms with E-state index in [1.807, 2.05) is 19.2 Å². The predicted octanol–water partition coefficient (Wildman–Crippen LogP) is 1.51. The first-order valence-electron chi connectivity index (χ1n) is 7.20. The molecule has 0 spiro atoms. The Labute approximate surface area is 131 Å². The quantitative estimate of drug-likeness (QED) is 0.654. The van der Waals surface area contributed by atoms with E-state index in [0.29, 0.717) is 0 Å². The van der Waals surface area contributed by atoms with Crippen LogP contribution in [0, 0.1) is 0 Å². The predicted molar refractivity (Wildman–Crippen MR) is 87.0 cm³/mol. The highest BCUT2D eigenvalue weighted by molar-refractivity contribution is 6.30. The van der Waals surface area contributed by atoms with Gasteiger partial charge in [-0.2, -0.15) is 0 Å². The Hall–Kier alpha value is -1.30. The van der Waals surface area contributed by atoms with Crippen molar-refractivity contribution in [1.82, 2.24) is 15.5 Å². The topological polar surface area (TPSA) is 48.9 Å². The fraction of sp³-hybridized carbons (Fsp3) is 0.533. The van der Waals surface area contributed by atoms with Crippen LogP contribution in [0.4, 0.5) is 0 Å². The van der Waals surface area contributed by atoms with Crippen LogP contribution in [-0.2, 0) is 4.74 Å². The lowest BCUT2D eigenvalue weighted by atomic mass is 10.0. The van der Waals surface area contributed by atoms with E-state index in [1.165, 1.54) is 5.56 Å². The van der Waals surface area contributed by atoms with Crippen molar-refractivity contribution < 1.29 is 4.74 Å². The molecule has 1 aliphatic heterocycles. The molecule has 1 fully saturated rings. The van der Waals surface area contributed by atoms with Crippen LogP contribution in [0.15, 0.2) is 29.3 Å². The van der Waals surface area contributed by atoms with Crippen molar-refractivity contribution in [3.63, 3.8) is 0 Å². The highest BCUT2D eigenvalue weighted by Gasteiger charge is 2.22. The van der Waals surface area contributed by atoms with E-state index in [9.17, 15) is 0 Å². The molecule has 2 N–H and O–H groups in total. The zero-order chi connectivity index (χ0) is 15.1. The summed E-state index contributed by atoms with van der Waals surface area (Å²) in [5.74, 6) is 0.794. The molecule has 0 saturated carbocycles. The lowest BCUT2D eigenvalue weighted by Gasteiger charge is -2.35. The molecule has 1 aliphatic rings. The molecule has 0 amide bonds. The average Bonchev–Trinajstić information content (AvgIpc) is 2.54. The van der Waals surface area contributed by atoms with Gasteiger partial charge in [-0.25, -0.2) is 0 Å². The van der Waals surface area contributed by atoms with Crippen LogP contribution < -0.4 is 10.6 Å². The molecule has 21 heavy (non-hydrogen) atoms. The Morgan fingerprint density at radius 3 is 2.57 bits per heavy atom. The van der Waals surface area contributed by atoms with E-state index in [0.717, 1.165) is 43.8 Å². The largest absolute Gasteiger partial charge is 0.379 e. The number of ether oxygens (including phenoxy) is 1. The van der Waals surface area contributed by atoms with Crippen LogP contribution in [0.1, 0.15) is 11.6 Å². The van der Waals surface area contributed by atoms with Gasteiger partial charge in [0, 0.05) is 38.8 Å². The standard InChI is InChI=1S/C15H23ClN4O/c1-17-15(18-2)19-11-14(20-7-9-21-10-8-20)12-3-5-13(16)6-4-12/h3-6,14H,7-11H2,1-2H3,(H2,17,18,19). The van der Waals surface area contributed by atoms with Gasteiger partial charge in [-0.3, -0.25) is 9.89 Å². The van der Waals surface area contributed by atoms with Gasteiger partial charge in [-0.05, 0) is 17.7 Å². The second-order valence-electron chi connectivity index (χ2n) is 4.92. The summed E-state index contributed by atoms with van der Waals surface area (Å²) in [7, 11) is 3.63. The molecule has 1 aromatic carbocycles.